The summed E-state index contributed by atoms with van der Waals surface area (Å²) >= 11 is 9.40. The van der Waals surface area contributed by atoms with E-state index in [-0.39, 0.29) is 12.3 Å². The first-order chi connectivity index (χ1) is 9.45. The van der Waals surface area contributed by atoms with Gasteiger partial charge in [-0.2, -0.15) is 0 Å². The van der Waals surface area contributed by atoms with E-state index in [1.165, 1.54) is 0 Å². The van der Waals surface area contributed by atoms with Crippen molar-refractivity contribution in [1.82, 2.24) is 4.90 Å². The van der Waals surface area contributed by atoms with Crippen molar-refractivity contribution in [2.24, 2.45) is 5.92 Å². The molecule has 2 unspecified atom stereocenters. The maximum Gasteiger partial charge on any atom is 0.308 e. The maximum absolute atomic E-state index is 12.0. The van der Waals surface area contributed by atoms with Crippen molar-refractivity contribution in [3.8, 4) is 0 Å². The fraction of sp³-hybridized carbons (Fsp3) is 0.429. The van der Waals surface area contributed by atoms with Crippen LogP contribution in [0.4, 0.5) is 0 Å². The molecule has 0 saturated carbocycles. The summed E-state index contributed by atoms with van der Waals surface area (Å²) in [5.74, 6) is -1.47. The van der Waals surface area contributed by atoms with Crippen LogP contribution in [-0.4, -0.2) is 28.4 Å². The van der Waals surface area contributed by atoms with E-state index >= 15 is 0 Å². The summed E-state index contributed by atoms with van der Waals surface area (Å²) < 4.78 is 0.750. The summed E-state index contributed by atoms with van der Waals surface area (Å²) in [7, 11) is 0. The number of hydrogen-bond acceptors (Lipinski definition) is 2. The maximum atomic E-state index is 12.0. The second-order valence-corrected chi connectivity index (χ2v) is 6.04. The molecular formula is C14H15BrClNO3. The minimum absolute atomic E-state index is 0.00552. The lowest BCUT2D eigenvalue weighted by molar-refractivity contribution is -0.151. The third-order valence-electron chi connectivity index (χ3n) is 3.65. The quantitative estimate of drug-likeness (QED) is 0.897. The van der Waals surface area contributed by atoms with Crippen LogP contribution in [0.1, 0.15) is 31.4 Å². The van der Waals surface area contributed by atoms with Crippen LogP contribution in [0.5, 0.6) is 0 Å². The molecule has 1 N–H and O–H groups in total. The molecule has 20 heavy (non-hydrogen) atoms. The zero-order chi connectivity index (χ0) is 14.9. The minimum Gasteiger partial charge on any atom is -0.481 e. The average molecular weight is 361 g/mol. The van der Waals surface area contributed by atoms with Crippen molar-refractivity contribution in [2.75, 3.05) is 6.54 Å². The van der Waals surface area contributed by atoms with E-state index in [1.54, 1.807) is 17.0 Å². The number of hydrogen-bond donors (Lipinski definition) is 1. The Morgan fingerprint density at radius 1 is 1.55 bits per heavy atom. The van der Waals surface area contributed by atoms with Crippen LogP contribution >= 0.6 is 27.5 Å². The van der Waals surface area contributed by atoms with E-state index < -0.39 is 17.9 Å². The standard InChI is InChI=1S/C14H15BrClNO3/c1-2-17-12(18)6-4-9(14(19)20)13(17)8-3-5-10(15)11(16)7-8/h3,5,7,9,13H,2,4,6H2,1H3,(H,19,20). The van der Waals surface area contributed by atoms with Crippen LogP contribution in [0.2, 0.25) is 5.02 Å². The number of piperidine rings is 1. The van der Waals surface area contributed by atoms with Crippen molar-refractivity contribution in [1.29, 1.82) is 0 Å². The van der Waals surface area contributed by atoms with Crippen LogP contribution in [-0.2, 0) is 9.59 Å². The zero-order valence-electron chi connectivity index (χ0n) is 11.0. The Morgan fingerprint density at radius 2 is 2.25 bits per heavy atom. The normalized spacial score (nSPS) is 22.9. The molecule has 1 aromatic rings. The molecule has 2 rings (SSSR count). The van der Waals surface area contributed by atoms with Crippen molar-refractivity contribution < 1.29 is 14.7 Å². The number of carboxylic acids is 1. The summed E-state index contributed by atoms with van der Waals surface area (Å²) in [6.07, 6.45) is 0.647. The third-order valence-corrected chi connectivity index (χ3v) is 4.88. The molecular weight excluding hydrogens is 346 g/mol. The Hall–Kier alpha value is -1.07. The molecule has 6 heteroatoms. The van der Waals surface area contributed by atoms with Gasteiger partial charge in [0.1, 0.15) is 0 Å². The van der Waals surface area contributed by atoms with Gasteiger partial charge in [0.25, 0.3) is 0 Å². The first kappa shape index (κ1) is 15.3. The summed E-state index contributed by atoms with van der Waals surface area (Å²) in [6, 6.07) is 4.87. The lowest BCUT2D eigenvalue weighted by Crippen LogP contribution is -2.45. The van der Waals surface area contributed by atoms with E-state index in [9.17, 15) is 14.7 Å². The first-order valence-electron chi connectivity index (χ1n) is 6.43. The number of amides is 1. The molecule has 0 radical (unpaired) electrons. The van der Waals surface area contributed by atoms with Crippen LogP contribution in [0, 0.1) is 5.92 Å². The lowest BCUT2D eigenvalue weighted by Gasteiger charge is -2.39. The van der Waals surface area contributed by atoms with Crippen LogP contribution in [0.3, 0.4) is 0 Å². The fourth-order valence-electron chi connectivity index (χ4n) is 2.69. The van der Waals surface area contributed by atoms with Gasteiger partial charge in [-0.15, -0.1) is 0 Å². The Labute approximate surface area is 130 Å². The van der Waals surface area contributed by atoms with Crippen LogP contribution < -0.4 is 0 Å². The molecule has 0 spiro atoms. The summed E-state index contributed by atoms with van der Waals surface area (Å²) in [6.45, 7) is 2.34. The molecule has 2 atom stereocenters. The van der Waals surface area contributed by atoms with Crippen molar-refractivity contribution in [3.63, 3.8) is 0 Å². The number of carbonyl (C=O) groups excluding carboxylic acids is 1. The SMILES string of the molecule is CCN1C(=O)CCC(C(=O)O)C1c1ccc(Br)c(Cl)c1. The highest BCUT2D eigenvalue weighted by Crippen LogP contribution is 2.38. The molecule has 1 heterocycles. The predicted molar refractivity (Wildman–Crippen MR) is 79.6 cm³/mol. The van der Waals surface area contributed by atoms with Gasteiger partial charge < -0.3 is 10.0 Å². The predicted octanol–water partition coefficient (Wildman–Crippen LogP) is 3.49. The van der Waals surface area contributed by atoms with Crippen molar-refractivity contribution >= 4 is 39.4 Å². The van der Waals surface area contributed by atoms with E-state index in [1.807, 2.05) is 13.0 Å². The molecule has 108 valence electrons. The monoisotopic (exact) mass is 359 g/mol. The van der Waals surface area contributed by atoms with Gasteiger partial charge in [0, 0.05) is 17.4 Å². The molecule has 0 aromatic heterocycles. The number of benzene rings is 1. The van der Waals surface area contributed by atoms with Gasteiger partial charge in [-0.25, -0.2) is 0 Å². The van der Waals surface area contributed by atoms with Crippen molar-refractivity contribution in [3.05, 3.63) is 33.3 Å². The van der Waals surface area contributed by atoms with Crippen LogP contribution in [0.15, 0.2) is 22.7 Å². The molecule has 0 aliphatic carbocycles. The van der Waals surface area contributed by atoms with E-state index in [2.05, 4.69) is 15.9 Å². The third kappa shape index (κ3) is 2.83. The van der Waals surface area contributed by atoms with Gasteiger partial charge in [-0.3, -0.25) is 9.59 Å². The number of likely N-dealkylation sites (tertiary alicyclic amines) is 1. The van der Waals surface area contributed by atoms with Crippen LogP contribution in [0.25, 0.3) is 0 Å². The second kappa shape index (κ2) is 6.14. The van der Waals surface area contributed by atoms with Crippen molar-refractivity contribution in [2.45, 2.75) is 25.8 Å². The Morgan fingerprint density at radius 3 is 2.80 bits per heavy atom. The van der Waals surface area contributed by atoms with Gasteiger partial charge in [-0.1, -0.05) is 17.7 Å². The summed E-state index contributed by atoms with van der Waals surface area (Å²) in [5.41, 5.74) is 0.764. The van der Waals surface area contributed by atoms with E-state index in [0.29, 0.717) is 18.0 Å². The Balaban J connectivity index is 2.46. The number of carbonyl (C=O) groups is 2. The van der Waals surface area contributed by atoms with Gasteiger partial charge in [0.15, 0.2) is 0 Å². The summed E-state index contributed by atoms with van der Waals surface area (Å²) in [4.78, 5) is 25.1. The average Bonchev–Trinajstić information content (AvgIpc) is 2.41. The lowest BCUT2D eigenvalue weighted by atomic mass is 9.84. The number of halogens is 2. The molecule has 1 amide bonds. The van der Waals surface area contributed by atoms with E-state index in [4.69, 9.17) is 11.6 Å². The highest BCUT2D eigenvalue weighted by Gasteiger charge is 2.40. The van der Waals surface area contributed by atoms with E-state index in [0.717, 1.165) is 10.0 Å². The summed E-state index contributed by atoms with van der Waals surface area (Å²) in [5, 5.41) is 9.93. The molecule has 1 aliphatic heterocycles. The Kier molecular flexibility index (Phi) is 4.70. The highest BCUT2D eigenvalue weighted by atomic mass is 79.9. The smallest absolute Gasteiger partial charge is 0.308 e. The Bertz CT molecular complexity index is 547. The van der Waals surface area contributed by atoms with Gasteiger partial charge in [-0.05, 0) is 47.0 Å². The number of rotatable bonds is 3. The molecule has 1 saturated heterocycles. The fourth-order valence-corrected chi connectivity index (χ4v) is 3.13. The number of nitrogens with zero attached hydrogens (tertiary/aromatic N) is 1. The largest absolute Gasteiger partial charge is 0.481 e. The molecule has 1 aliphatic rings. The number of carboxylic acid groups (broad SMARTS) is 1. The van der Waals surface area contributed by atoms with Gasteiger partial charge in [0.2, 0.25) is 5.91 Å². The molecule has 0 bridgehead atoms. The van der Waals surface area contributed by atoms with Gasteiger partial charge >= 0.3 is 5.97 Å². The van der Waals surface area contributed by atoms with Gasteiger partial charge in [0.05, 0.1) is 17.0 Å². The topological polar surface area (TPSA) is 57.6 Å². The second-order valence-electron chi connectivity index (χ2n) is 4.78. The zero-order valence-corrected chi connectivity index (χ0v) is 13.3. The first-order valence-corrected chi connectivity index (χ1v) is 7.60. The molecule has 4 nitrogen and oxygen atoms in total. The number of aliphatic carboxylic acids is 1. The highest BCUT2D eigenvalue weighted by molar-refractivity contribution is 9.10. The molecule has 1 aromatic carbocycles. The minimum atomic E-state index is -0.875. The molecule has 1 fully saturated rings.